The van der Waals surface area contributed by atoms with E-state index < -0.39 is 0 Å². The second-order valence-electron chi connectivity index (χ2n) is 5.85. The fourth-order valence-electron chi connectivity index (χ4n) is 2.77. The SMILES string of the molecule is CC(C)C(CC(=O)N1CC[C@@H](N)C1)c1ccccc1.Cl. The van der Waals surface area contributed by atoms with Crippen LogP contribution in [0.25, 0.3) is 0 Å². The van der Waals surface area contributed by atoms with Gasteiger partial charge < -0.3 is 10.6 Å². The summed E-state index contributed by atoms with van der Waals surface area (Å²) in [6.45, 7) is 5.90. The maximum atomic E-state index is 12.3. The molecule has 4 heteroatoms. The van der Waals surface area contributed by atoms with E-state index in [-0.39, 0.29) is 24.4 Å². The van der Waals surface area contributed by atoms with Gasteiger partial charge in [0, 0.05) is 25.6 Å². The molecule has 112 valence electrons. The van der Waals surface area contributed by atoms with E-state index in [1.54, 1.807) is 0 Å². The summed E-state index contributed by atoms with van der Waals surface area (Å²) in [5, 5.41) is 0. The monoisotopic (exact) mass is 296 g/mol. The lowest BCUT2D eigenvalue weighted by atomic mass is 9.85. The molecule has 0 bridgehead atoms. The molecule has 0 aromatic heterocycles. The Morgan fingerprint density at radius 1 is 1.35 bits per heavy atom. The van der Waals surface area contributed by atoms with Gasteiger partial charge in [-0.3, -0.25) is 4.79 Å². The zero-order valence-corrected chi connectivity index (χ0v) is 13.1. The van der Waals surface area contributed by atoms with E-state index in [4.69, 9.17) is 5.73 Å². The molecule has 1 heterocycles. The molecule has 2 atom stereocenters. The van der Waals surface area contributed by atoms with Crippen LogP contribution in [-0.4, -0.2) is 29.9 Å². The van der Waals surface area contributed by atoms with Gasteiger partial charge in [-0.2, -0.15) is 0 Å². The van der Waals surface area contributed by atoms with Gasteiger partial charge in [-0.15, -0.1) is 12.4 Å². The molecule has 1 aliphatic heterocycles. The Kier molecular flexibility index (Phi) is 6.50. The van der Waals surface area contributed by atoms with Crippen molar-refractivity contribution in [2.24, 2.45) is 11.7 Å². The van der Waals surface area contributed by atoms with Gasteiger partial charge in [0.1, 0.15) is 0 Å². The normalized spacial score (nSPS) is 19.8. The molecule has 20 heavy (non-hydrogen) atoms. The lowest BCUT2D eigenvalue weighted by Gasteiger charge is -2.24. The highest BCUT2D eigenvalue weighted by molar-refractivity contribution is 5.85. The smallest absolute Gasteiger partial charge is 0.223 e. The van der Waals surface area contributed by atoms with Gasteiger partial charge in [0.25, 0.3) is 0 Å². The summed E-state index contributed by atoms with van der Waals surface area (Å²) in [6.07, 6.45) is 1.53. The second-order valence-corrected chi connectivity index (χ2v) is 5.85. The number of hydrogen-bond donors (Lipinski definition) is 1. The Balaban J connectivity index is 0.00000200. The van der Waals surface area contributed by atoms with Gasteiger partial charge in [0.05, 0.1) is 0 Å². The molecule has 0 spiro atoms. The van der Waals surface area contributed by atoms with Crippen LogP contribution in [0.3, 0.4) is 0 Å². The molecule has 3 nitrogen and oxygen atoms in total. The van der Waals surface area contributed by atoms with E-state index in [1.165, 1.54) is 5.56 Å². The van der Waals surface area contributed by atoms with Crippen molar-refractivity contribution in [3.63, 3.8) is 0 Å². The van der Waals surface area contributed by atoms with Crippen molar-refractivity contribution in [1.29, 1.82) is 0 Å². The summed E-state index contributed by atoms with van der Waals surface area (Å²) in [6, 6.07) is 10.5. The van der Waals surface area contributed by atoms with Crippen molar-refractivity contribution in [1.82, 2.24) is 4.90 Å². The topological polar surface area (TPSA) is 46.3 Å². The molecule has 1 unspecified atom stereocenters. The van der Waals surface area contributed by atoms with E-state index in [2.05, 4.69) is 26.0 Å². The van der Waals surface area contributed by atoms with Gasteiger partial charge in [0.2, 0.25) is 5.91 Å². The van der Waals surface area contributed by atoms with Crippen LogP contribution in [0.1, 0.15) is 38.2 Å². The van der Waals surface area contributed by atoms with Crippen LogP contribution in [0.5, 0.6) is 0 Å². The largest absolute Gasteiger partial charge is 0.341 e. The number of hydrogen-bond acceptors (Lipinski definition) is 2. The van der Waals surface area contributed by atoms with Crippen LogP contribution in [0.4, 0.5) is 0 Å². The maximum Gasteiger partial charge on any atom is 0.223 e. The molecule has 2 N–H and O–H groups in total. The number of amides is 1. The Morgan fingerprint density at radius 3 is 2.50 bits per heavy atom. The second kappa shape index (κ2) is 7.65. The molecule has 1 aliphatic rings. The minimum atomic E-state index is 0. The minimum absolute atomic E-state index is 0. The first-order valence-electron chi connectivity index (χ1n) is 7.16. The zero-order valence-electron chi connectivity index (χ0n) is 12.3. The molecular formula is C16H25ClN2O. The third-order valence-corrected chi connectivity index (χ3v) is 4.00. The Labute approximate surface area is 127 Å². The number of benzene rings is 1. The van der Waals surface area contributed by atoms with E-state index in [9.17, 15) is 4.79 Å². The predicted octanol–water partition coefficient (Wildman–Crippen LogP) is 2.80. The van der Waals surface area contributed by atoms with Gasteiger partial charge in [-0.1, -0.05) is 44.2 Å². The van der Waals surface area contributed by atoms with Gasteiger partial charge in [0.15, 0.2) is 0 Å². The Hall–Kier alpha value is -1.06. The molecule has 0 aliphatic carbocycles. The lowest BCUT2D eigenvalue weighted by Crippen LogP contribution is -2.33. The number of nitrogens with two attached hydrogens (primary N) is 1. The summed E-state index contributed by atoms with van der Waals surface area (Å²) >= 11 is 0. The first kappa shape index (κ1) is 17.0. The highest BCUT2D eigenvalue weighted by atomic mass is 35.5. The molecule has 1 amide bonds. The molecule has 0 radical (unpaired) electrons. The molecule has 1 aromatic carbocycles. The van der Waals surface area contributed by atoms with E-state index in [0.29, 0.717) is 18.3 Å². The van der Waals surface area contributed by atoms with E-state index >= 15 is 0 Å². The summed E-state index contributed by atoms with van der Waals surface area (Å²) in [5.74, 6) is 1.00. The van der Waals surface area contributed by atoms with Gasteiger partial charge in [-0.25, -0.2) is 0 Å². The Morgan fingerprint density at radius 2 is 2.00 bits per heavy atom. The van der Waals surface area contributed by atoms with Crippen LogP contribution < -0.4 is 5.73 Å². The summed E-state index contributed by atoms with van der Waals surface area (Å²) in [7, 11) is 0. The molecule has 1 saturated heterocycles. The van der Waals surface area contributed by atoms with Crippen molar-refractivity contribution < 1.29 is 4.79 Å². The highest BCUT2D eigenvalue weighted by Gasteiger charge is 2.27. The van der Waals surface area contributed by atoms with Crippen molar-refractivity contribution >= 4 is 18.3 Å². The van der Waals surface area contributed by atoms with E-state index in [1.807, 2.05) is 23.1 Å². The molecule has 2 rings (SSSR count). The van der Waals surface area contributed by atoms with Crippen molar-refractivity contribution in [3.8, 4) is 0 Å². The fraction of sp³-hybridized carbons (Fsp3) is 0.562. The third-order valence-electron chi connectivity index (χ3n) is 4.00. The molecule has 0 saturated carbocycles. The maximum absolute atomic E-state index is 12.3. The number of nitrogens with zero attached hydrogens (tertiary/aromatic N) is 1. The number of halogens is 1. The summed E-state index contributed by atoms with van der Waals surface area (Å²) in [5.41, 5.74) is 7.13. The number of likely N-dealkylation sites (tertiary alicyclic amines) is 1. The Bertz CT molecular complexity index is 422. The lowest BCUT2D eigenvalue weighted by molar-refractivity contribution is -0.130. The van der Waals surface area contributed by atoms with Crippen molar-refractivity contribution in [2.45, 2.75) is 38.6 Å². The predicted molar refractivity (Wildman–Crippen MR) is 85.1 cm³/mol. The zero-order chi connectivity index (χ0) is 13.8. The van der Waals surface area contributed by atoms with Gasteiger partial charge in [-0.05, 0) is 23.8 Å². The molecule has 1 aromatic rings. The van der Waals surface area contributed by atoms with Crippen molar-refractivity contribution in [2.75, 3.05) is 13.1 Å². The van der Waals surface area contributed by atoms with Crippen LogP contribution in [0.15, 0.2) is 30.3 Å². The standard InChI is InChI=1S/C16H24N2O.ClH/c1-12(2)15(13-6-4-3-5-7-13)10-16(19)18-9-8-14(17)11-18;/h3-7,12,14-15H,8-11,17H2,1-2H3;1H/t14-,15?;/m1./s1. The van der Waals surface area contributed by atoms with Crippen LogP contribution >= 0.6 is 12.4 Å². The van der Waals surface area contributed by atoms with Crippen LogP contribution in [0.2, 0.25) is 0 Å². The van der Waals surface area contributed by atoms with Crippen molar-refractivity contribution in [3.05, 3.63) is 35.9 Å². The van der Waals surface area contributed by atoms with Crippen LogP contribution in [-0.2, 0) is 4.79 Å². The average molecular weight is 297 g/mol. The highest BCUT2D eigenvalue weighted by Crippen LogP contribution is 2.28. The first-order chi connectivity index (χ1) is 9.08. The number of carbonyl (C=O) groups excluding carboxylic acids is 1. The summed E-state index contributed by atoms with van der Waals surface area (Å²) in [4.78, 5) is 14.3. The quantitative estimate of drug-likeness (QED) is 0.929. The van der Waals surface area contributed by atoms with E-state index in [0.717, 1.165) is 19.5 Å². The van der Waals surface area contributed by atoms with Crippen LogP contribution in [0, 0.1) is 5.92 Å². The minimum Gasteiger partial charge on any atom is -0.341 e. The molecular weight excluding hydrogens is 272 g/mol. The first-order valence-corrected chi connectivity index (χ1v) is 7.16. The third kappa shape index (κ3) is 4.22. The number of carbonyl (C=O) groups is 1. The average Bonchev–Trinajstić information content (AvgIpc) is 2.83. The number of rotatable bonds is 4. The van der Waals surface area contributed by atoms with Gasteiger partial charge >= 0.3 is 0 Å². The fourth-order valence-corrected chi connectivity index (χ4v) is 2.77. The molecule has 1 fully saturated rings. The summed E-state index contributed by atoms with van der Waals surface area (Å²) < 4.78 is 0.